The van der Waals surface area contributed by atoms with Crippen molar-refractivity contribution in [3.8, 4) is 0 Å². The van der Waals surface area contributed by atoms with Crippen molar-refractivity contribution in [3.63, 3.8) is 0 Å². The molecule has 2 aliphatic rings. The van der Waals surface area contributed by atoms with Crippen molar-refractivity contribution in [2.24, 2.45) is 5.92 Å². The van der Waals surface area contributed by atoms with Gasteiger partial charge in [-0.05, 0) is 76.4 Å². The van der Waals surface area contributed by atoms with Crippen LogP contribution in [-0.4, -0.2) is 67.9 Å². The number of hydrogen-bond donors (Lipinski definition) is 0. The van der Waals surface area contributed by atoms with Gasteiger partial charge < -0.3 is 4.90 Å². The van der Waals surface area contributed by atoms with Crippen LogP contribution in [0.25, 0.3) is 0 Å². The first-order valence-corrected chi connectivity index (χ1v) is 9.96. The number of hydrogen-bond acceptors (Lipinski definition) is 4. The predicted molar refractivity (Wildman–Crippen MR) is 104 cm³/mol. The van der Waals surface area contributed by atoms with E-state index in [0.717, 1.165) is 63.0 Å². The second-order valence-electron chi connectivity index (χ2n) is 7.99. The molecule has 0 aliphatic carbocycles. The highest BCUT2D eigenvalue weighted by Gasteiger charge is 2.23. The van der Waals surface area contributed by atoms with E-state index in [1.54, 1.807) is 13.0 Å². The summed E-state index contributed by atoms with van der Waals surface area (Å²) in [4.78, 5) is 18.2. The van der Waals surface area contributed by atoms with Crippen molar-refractivity contribution in [2.45, 2.75) is 33.1 Å². The predicted octanol–water partition coefficient (Wildman–Crippen LogP) is 2.95. The Kier molecular flexibility index (Phi) is 6.65. The number of nitrogens with zero attached hydrogens (tertiary/aromatic N) is 3. The normalized spacial score (nSPS) is 20.5. The minimum Gasteiger partial charge on any atom is -0.367 e. The number of aryl methyl sites for hydroxylation is 1. The summed E-state index contributed by atoms with van der Waals surface area (Å²) in [5, 5.41) is 0. The summed E-state index contributed by atoms with van der Waals surface area (Å²) in [5.41, 5.74) is 1.72. The molecule has 2 fully saturated rings. The largest absolute Gasteiger partial charge is 0.367 e. The first-order chi connectivity index (χ1) is 12.5. The zero-order valence-corrected chi connectivity index (χ0v) is 16.2. The highest BCUT2D eigenvalue weighted by molar-refractivity contribution is 5.77. The lowest BCUT2D eigenvalue weighted by Gasteiger charge is -2.37. The number of piperidine rings is 1. The summed E-state index contributed by atoms with van der Waals surface area (Å²) in [6.07, 6.45) is 3.66. The number of benzene rings is 1. The molecule has 0 aromatic heterocycles. The Labute approximate surface area is 157 Å². The number of likely N-dealkylation sites (tertiary alicyclic amines) is 1. The van der Waals surface area contributed by atoms with E-state index in [1.807, 2.05) is 19.1 Å². The van der Waals surface area contributed by atoms with E-state index in [0.29, 0.717) is 6.54 Å². The summed E-state index contributed by atoms with van der Waals surface area (Å²) < 4.78 is 14.2. The molecular formula is C21H32FN3O. The van der Waals surface area contributed by atoms with Crippen molar-refractivity contribution in [1.82, 2.24) is 9.80 Å². The molecule has 0 spiro atoms. The Bertz CT molecular complexity index is 605. The molecule has 2 saturated heterocycles. The van der Waals surface area contributed by atoms with E-state index < -0.39 is 0 Å². The van der Waals surface area contributed by atoms with Gasteiger partial charge in [0, 0.05) is 26.2 Å². The molecule has 0 saturated carbocycles. The Morgan fingerprint density at radius 1 is 1.08 bits per heavy atom. The molecule has 1 aromatic carbocycles. The van der Waals surface area contributed by atoms with Crippen molar-refractivity contribution >= 4 is 11.5 Å². The Hall–Kier alpha value is -1.46. The van der Waals surface area contributed by atoms with Crippen LogP contribution in [0, 0.1) is 18.7 Å². The molecule has 0 N–H and O–H groups in total. The molecule has 4 nitrogen and oxygen atoms in total. The molecule has 3 rings (SSSR count). The molecule has 1 aromatic rings. The minimum absolute atomic E-state index is 0.101. The van der Waals surface area contributed by atoms with Gasteiger partial charge in [0.15, 0.2) is 0 Å². The smallest absolute Gasteiger partial charge is 0.146 e. The second-order valence-corrected chi connectivity index (χ2v) is 7.99. The van der Waals surface area contributed by atoms with E-state index in [4.69, 9.17) is 0 Å². The zero-order valence-electron chi connectivity index (χ0n) is 16.2. The maximum atomic E-state index is 14.2. The summed E-state index contributed by atoms with van der Waals surface area (Å²) in [5.74, 6) is 0.952. The Balaban J connectivity index is 1.38. The van der Waals surface area contributed by atoms with Crippen LogP contribution >= 0.6 is 0 Å². The van der Waals surface area contributed by atoms with Crippen LogP contribution in [0.15, 0.2) is 18.2 Å². The summed E-state index contributed by atoms with van der Waals surface area (Å²) in [6, 6.07) is 5.53. The second kappa shape index (κ2) is 8.96. The molecule has 26 heavy (non-hydrogen) atoms. The lowest BCUT2D eigenvalue weighted by molar-refractivity contribution is -0.118. The van der Waals surface area contributed by atoms with E-state index in [2.05, 4.69) is 14.7 Å². The number of Topliss-reactive ketones (excluding diaryl/α,β-unsaturated/α-hetero) is 1. The number of anilines is 1. The van der Waals surface area contributed by atoms with Crippen LogP contribution in [0.3, 0.4) is 0 Å². The fraction of sp³-hybridized carbons (Fsp3) is 0.667. The van der Waals surface area contributed by atoms with Crippen molar-refractivity contribution in [1.29, 1.82) is 0 Å². The SMILES string of the molecule is CC(=O)CN1CCC(CCN2CCN(c3ccc(C)cc3F)CC2)CC1. The third-order valence-electron chi connectivity index (χ3n) is 5.82. The van der Waals surface area contributed by atoms with Gasteiger partial charge in [-0.25, -0.2) is 4.39 Å². The minimum atomic E-state index is -0.101. The third-order valence-corrected chi connectivity index (χ3v) is 5.82. The topological polar surface area (TPSA) is 26.8 Å². The zero-order chi connectivity index (χ0) is 18.5. The van der Waals surface area contributed by atoms with Crippen LogP contribution in [-0.2, 0) is 4.79 Å². The lowest BCUT2D eigenvalue weighted by atomic mass is 9.93. The Morgan fingerprint density at radius 2 is 1.77 bits per heavy atom. The van der Waals surface area contributed by atoms with E-state index in [-0.39, 0.29) is 11.6 Å². The molecule has 144 valence electrons. The van der Waals surface area contributed by atoms with Crippen molar-refractivity contribution in [2.75, 3.05) is 57.3 Å². The summed E-state index contributed by atoms with van der Waals surface area (Å²) in [7, 11) is 0. The van der Waals surface area contributed by atoms with E-state index in [1.165, 1.54) is 19.3 Å². The van der Waals surface area contributed by atoms with Crippen LogP contribution in [0.5, 0.6) is 0 Å². The van der Waals surface area contributed by atoms with Gasteiger partial charge in [0.05, 0.1) is 12.2 Å². The lowest BCUT2D eigenvalue weighted by Crippen LogP contribution is -2.47. The van der Waals surface area contributed by atoms with Crippen LogP contribution in [0.1, 0.15) is 31.7 Å². The molecule has 0 unspecified atom stereocenters. The van der Waals surface area contributed by atoms with Gasteiger partial charge in [0.1, 0.15) is 11.6 Å². The fourth-order valence-corrected chi connectivity index (χ4v) is 4.19. The van der Waals surface area contributed by atoms with E-state index >= 15 is 0 Å². The van der Waals surface area contributed by atoms with Gasteiger partial charge in [-0.1, -0.05) is 6.07 Å². The fourth-order valence-electron chi connectivity index (χ4n) is 4.19. The van der Waals surface area contributed by atoms with Gasteiger partial charge >= 0.3 is 0 Å². The number of halogens is 1. The quantitative estimate of drug-likeness (QED) is 0.778. The van der Waals surface area contributed by atoms with Crippen LogP contribution < -0.4 is 4.90 Å². The van der Waals surface area contributed by atoms with Crippen LogP contribution in [0.2, 0.25) is 0 Å². The summed E-state index contributed by atoms with van der Waals surface area (Å²) >= 11 is 0. The average Bonchev–Trinajstić information content (AvgIpc) is 2.61. The molecule has 0 amide bonds. The van der Waals surface area contributed by atoms with Gasteiger partial charge in [-0.2, -0.15) is 0 Å². The maximum Gasteiger partial charge on any atom is 0.146 e. The molecule has 0 radical (unpaired) electrons. The number of piperazine rings is 1. The number of carbonyl (C=O) groups is 1. The van der Waals surface area contributed by atoms with Crippen LogP contribution in [0.4, 0.5) is 10.1 Å². The van der Waals surface area contributed by atoms with Crippen molar-refractivity contribution < 1.29 is 9.18 Å². The van der Waals surface area contributed by atoms with E-state index in [9.17, 15) is 9.18 Å². The molecule has 0 atom stereocenters. The highest BCUT2D eigenvalue weighted by Crippen LogP contribution is 2.23. The monoisotopic (exact) mass is 361 g/mol. The molecule has 2 aliphatic heterocycles. The van der Waals surface area contributed by atoms with Gasteiger partial charge in [0.25, 0.3) is 0 Å². The highest BCUT2D eigenvalue weighted by atomic mass is 19.1. The van der Waals surface area contributed by atoms with Gasteiger partial charge in [-0.3, -0.25) is 14.6 Å². The molecule has 5 heteroatoms. The molecular weight excluding hydrogens is 329 g/mol. The van der Waals surface area contributed by atoms with Crippen molar-refractivity contribution in [3.05, 3.63) is 29.6 Å². The first-order valence-electron chi connectivity index (χ1n) is 9.96. The number of ketones is 1. The Morgan fingerprint density at radius 3 is 2.38 bits per heavy atom. The van der Waals surface area contributed by atoms with Gasteiger partial charge in [-0.15, -0.1) is 0 Å². The first kappa shape index (κ1) is 19.3. The summed E-state index contributed by atoms with van der Waals surface area (Å²) in [6.45, 7) is 11.3. The molecule has 0 bridgehead atoms. The molecule has 2 heterocycles. The maximum absolute atomic E-state index is 14.2. The average molecular weight is 362 g/mol. The van der Waals surface area contributed by atoms with Gasteiger partial charge in [0.2, 0.25) is 0 Å². The number of carbonyl (C=O) groups excluding carboxylic acids is 1. The third kappa shape index (κ3) is 5.27. The standard InChI is InChI=1S/C21H32FN3O/c1-17-3-4-21(20(22)15-17)25-13-11-23(12-14-25)8-5-19-6-9-24(10-7-19)16-18(2)26/h3-4,15,19H,5-14,16H2,1-2H3. The number of rotatable bonds is 6.